The molecular weight excluding hydrogens is 180 g/mol. The molecule has 0 amide bonds. The zero-order valence-corrected chi connectivity index (χ0v) is 8.86. The van der Waals surface area contributed by atoms with Crippen molar-refractivity contribution in [2.24, 2.45) is 0 Å². The van der Waals surface area contributed by atoms with Crippen LogP contribution in [0.5, 0.6) is 0 Å². The number of carbonyl (C=O) groups is 1. The second kappa shape index (κ2) is 5.07. The number of thioether (sulfide) groups is 1. The first-order valence-corrected chi connectivity index (χ1v) is 5.78. The van der Waals surface area contributed by atoms with E-state index in [2.05, 4.69) is 13.0 Å². The second-order valence-electron chi connectivity index (χ2n) is 2.91. The van der Waals surface area contributed by atoms with Crippen molar-refractivity contribution in [1.29, 1.82) is 0 Å². The van der Waals surface area contributed by atoms with Gasteiger partial charge >= 0.3 is 0 Å². The van der Waals surface area contributed by atoms with E-state index in [4.69, 9.17) is 0 Å². The van der Waals surface area contributed by atoms with Crippen molar-refractivity contribution in [2.75, 3.05) is 12.0 Å². The molecule has 1 rings (SSSR count). The third-order valence-electron chi connectivity index (χ3n) is 1.93. The summed E-state index contributed by atoms with van der Waals surface area (Å²) in [6.45, 7) is 2.10. The van der Waals surface area contributed by atoms with Crippen LogP contribution in [0.15, 0.2) is 24.3 Å². The van der Waals surface area contributed by atoms with Gasteiger partial charge in [-0.3, -0.25) is 4.79 Å². The van der Waals surface area contributed by atoms with E-state index in [1.807, 2.05) is 24.5 Å². The van der Waals surface area contributed by atoms with Crippen LogP contribution in [0.4, 0.5) is 0 Å². The second-order valence-corrected chi connectivity index (χ2v) is 3.78. The molecule has 0 aliphatic carbocycles. The predicted molar refractivity (Wildman–Crippen MR) is 58.5 cm³/mol. The molecule has 0 unspecified atom stereocenters. The number of ketones is 1. The van der Waals surface area contributed by atoms with Crippen LogP contribution in [-0.4, -0.2) is 17.8 Å². The van der Waals surface area contributed by atoms with Crippen molar-refractivity contribution in [2.45, 2.75) is 13.3 Å². The van der Waals surface area contributed by atoms with Gasteiger partial charge in [-0.25, -0.2) is 0 Å². The SMILES string of the molecule is CCc1cccc(C(=O)CSC)c1. The van der Waals surface area contributed by atoms with Crippen molar-refractivity contribution in [3.8, 4) is 0 Å². The number of hydrogen-bond acceptors (Lipinski definition) is 2. The number of carbonyl (C=O) groups excluding carboxylic acids is 1. The molecule has 70 valence electrons. The summed E-state index contributed by atoms with van der Waals surface area (Å²) in [4.78, 5) is 11.5. The highest BCUT2D eigenvalue weighted by atomic mass is 32.2. The van der Waals surface area contributed by atoms with Gasteiger partial charge in [0.2, 0.25) is 0 Å². The Balaban J connectivity index is 2.82. The minimum atomic E-state index is 0.225. The number of aryl methyl sites for hydroxylation is 1. The van der Waals surface area contributed by atoms with Gasteiger partial charge in [-0.05, 0) is 24.3 Å². The first-order valence-electron chi connectivity index (χ1n) is 4.39. The van der Waals surface area contributed by atoms with Crippen molar-refractivity contribution in [1.82, 2.24) is 0 Å². The summed E-state index contributed by atoms with van der Waals surface area (Å²) in [7, 11) is 0. The Morgan fingerprint density at radius 2 is 2.23 bits per heavy atom. The van der Waals surface area contributed by atoms with E-state index in [-0.39, 0.29) is 5.78 Å². The first kappa shape index (κ1) is 10.3. The Labute approximate surface area is 83.5 Å². The smallest absolute Gasteiger partial charge is 0.172 e. The maximum atomic E-state index is 11.5. The van der Waals surface area contributed by atoms with Crippen molar-refractivity contribution in [3.05, 3.63) is 35.4 Å². The van der Waals surface area contributed by atoms with Crippen LogP contribution >= 0.6 is 11.8 Å². The summed E-state index contributed by atoms with van der Waals surface area (Å²) in [6, 6.07) is 7.87. The highest BCUT2D eigenvalue weighted by Gasteiger charge is 2.04. The summed E-state index contributed by atoms with van der Waals surface area (Å²) < 4.78 is 0. The minimum absolute atomic E-state index is 0.225. The fraction of sp³-hybridized carbons (Fsp3) is 0.364. The average molecular weight is 194 g/mol. The molecule has 0 spiro atoms. The number of benzene rings is 1. The average Bonchev–Trinajstić information content (AvgIpc) is 2.18. The van der Waals surface area contributed by atoms with E-state index in [1.54, 1.807) is 11.8 Å². The molecule has 2 heteroatoms. The summed E-state index contributed by atoms with van der Waals surface area (Å²) in [6.07, 6.45) is 2.93. The normalized spacial score (nSPS) is 10.0. The lowest BCUT2D eigenvalue weighted by Gasteiger charge is -2.01. The monoisotopic (exact) mass is 194 g/mol. The van der Waals surface area contributed by atoms with Crippen LogP contribution in [-0.2, 0) is 6.42 Å². The summed E-state index contributed by atoms with van der Waals surface area (Å²) >= 11 is 1.57. The van der Waals surface area contributed by atoms with E-state index in [1.165, 1.54) is 5.56 Å². The number of Topliss-reactive ketones (excluding diaryl/α,β-unsaturated/α-hetero) is 1. The van der Waals surface area contributed by atoms with Gasteiger partial charge < -0.3 is 0 Å². The molecule has 1 aromatic rings. The van der Waals surface area contributed by atoms with Gasteiger partial charge in [0.05, 0.1) is 5.75 Å². The third kappa shape index (κ3) is 2.88. The Morgan fingerprint density at radius 3 is 2.85 bits per heavy atom. The van der Waals surface area contributed by atoms with E-state index < -0.39 is 0 Å². The maximum Gasteiger partial charge on any atom is 0.172 e. The molecule has 0 fully saturated rings. The molecule has 0 bridgehead atoms. The molecule has 0 aromatic heterocycles. The van der Waals surface area contributed by atoms with Crippen molar-refractivity contribution in [3.63, 3.8) is 0 Å². The van der Waals surface area contributed by atoms with Gasteiger partial charge in [-0.1, -0.05) is 25.1 Å². The standard InChI is InChI=1S/C11H14OS/c1-3-9-5-4-6-10(7-9)11(12)8-13-2/h4-7H,3,8H2,1-2H3. The van der Waals surface area contributed by atoms with E-state index in [0.717, 1.165) is 12.0 Å². The molecule has 0 heterocycles. The van der Waals surface area contributed by atoms with Gasteiger partial charge in [0.1, 0.15) is 0 Å². The van der Waals surface area contributed by atoms with Crippen LogP contribution < -0.4 is 0 Å². The third-order valence-corrected chi connectivity index (χ3v) is 2.48. The lowest BCUT2D eigenvalue weighted by molar-refractivity contribution is 0.102. The van der Waals surface area contributed by atoms with Crippen LogP contribution in [0.2, 0.25) is 0 Å². The zero-order valence-electron chi connectivity index (χ0n) is 8.04. The highest BCUT2D eigenvalue weighted by Crippen LogP contribution is 2.08. The highest BCUT2D eigenvalue weighted by molar-refractivity contribution is 7.99. The molecule has 13 heavy (non-hydrogen) atoms. The summed E-state index contributed by atoms with van der Waals surface area (Å²) in [5, 5.41) is 0. The van der Waals surface area contributed by atoms with Gasteiger partial charge in [0, 0.05) is 5.56 Å². The largest absolute Gasteiger partial charge is 0.293 e. The Morgan fingerprint density at radius 1 is 1.46 bits per heavy atom. The maximum absolute atomic E-state index is 11.5. The molecule has 0 aliphatic rings. The summed E-state index contributed by atoms with van der Waals surface area (Å²) in [5.41, 5.74) is 2.07. The molecule has 1 aromatic carbocycles. The molecule has 1 nitrogen and oxygen atoms in total. The number of hydrogen-bond donors (Lipinski definition) is 0. The van der Waals surface area contributed by atoms with Crippen LogP contribution in [0.3, 0.4) is 0 Å². The van der Waals surface area contributed by atoms with E-state index in [9.17, 15) is 4.79 Å². The first-order chi connectivity index (χ1) is 6.27. The van der Waals surface area contributed by atoms with Crippen LogP contribution in [0.1, 0.15) is 22.8 Å². The lowest BCUT2D eigenvalue weighted by Crippen LogP contribution is -2.02. The predicted octanol–water partition coefficient (Wildman–Crippen LogP) is 2.79. The molecule has 0 saturated heterocycles. The van der Waals surface area contributed by atoms with Gasteiger partial charge in [-0.15, -0.1) is 0 Å². The minimum Gasteiger partial charge on any atom is -0.293 e. The van der Waals surface area contributed by atoms with Crippen molar-refractivity contribution >= 4 is 17.5 Å². The number of rotatable bonds is 4. The molecular formula is C11H14OS. The van der Waals surface area contributed by atoms with Crippen molar-refractivity contribution < 1.29 is 4.79 Å². The Hall–Kier alpha value is -0.760. The van der Waals surface area contributed by atoms with Crippen LogP contribution in [0, 0.1) is 0 Å². The van der Waals surface area contributed by atoms with Gasteiger partial charge in [0.15, 0.2) is 5.78 Å². The molecule has 0 radical (unpaired) electrons. The summed E-state index contributed by atoms with van der Waals surface area (Å²) in [5.74, 6) is 0.801. The lowest BCUT2D eigenvalue weighted by atomic mass is 10.1. The van der Waals surface area contributed by atoms with Crippen LogP contribution in [0.25, 0.3) is 0 Å². The van der Waals surface area contributed by atoms with Gasteiger partial charge in [0.25, 0.3) is 0 Å². The molecule has 0 saturated carbocycles. The topological polar surface area (TPSA) is 17.1 Å². The molecule has 0 N–H and O–H groups in total. The van der Waals surface area contributed by atoms with Gasteiger partial charge in [-0.2, -0.15) is 11.8 Å². The Bertz CT molecular complexity index is 294. The van der Waals surface area contributed by atoms with E-state index in [0.29, 0.717) is 5.75 Å². The fourth-order valence-corrected chi connectivity index (χ4v) is 1.61. The quantitative estimate of drug-likeness (QED) is 0.686. The molecule has 0 atom stereocenters. The Kier molecular flexibility index (Phi) is 4.03. The van der Waals surface area contributed by atoms with E-state index >= 15 is 0 Å². The zero-order chi connectivity index (χ0) is 9.68. The molecule has 0 aliphatic heterocycles. The fourth-order valence-electron chi connectivity index (χ4n) is 1.18.